The minimum absolute atomic E-state index is 0.327. The number of hydrogen-bond acceptors (Lipinski definition) is 6. The molecular formula is C20H20ClN3O3S. The lowest BCUT2D eigenvalue weighted by Gasteiger charge is -2.14. The maximum Gasteiger partial charge on any atom is 0.257 e. The van der Waals surface area contributed by atoms with Crippen LogP contribution in [0.25, 0.3) is 11.4 Å². The molecule has 0 aliphatic heterocycles. The molecule has 8 heteroatoms. The summed E-state index contributed by atoms with van der Waals surface area (Å²) < 4.78 is 11.3. The highest BCUT2D eigenvalue weighted by Crippen LogP contribution is 2.37. The quantitative estimate of drug-likeness (QED) is 0.538. The molecule has 3 rings (SSSR count). The van der Waals surface area contributed by atoms with Gasteiger partial charge >= 0.3 is 0 Å². The van der Waals surface area contributed by atoms with E-state index in [-0.39, 0.29) is 5.91 Å². The molecule has 0 bridgehead atoms. The Morgan fingerprint density at radius 3 is 2.79 bits per heavy atom. The summed E-state index contributed by atoms with van der Waals surface area (Å²) >= 11 is 7.66. The number of rotatable bonds is 8. The first-order valence-electron chi connectivity index (χ1n) is 8.89. The summed E-state index contributed by atoms with van der Waals surface area (Å²) in [5, 5.41) is 5.45. The number of amides is 1. The van der Waals surface area contributed by atoms with Crippen molar-refractivity contribution in [1.82, 2.24) is 9.97 Å². The van der Waals surface area contributed by atoms with Gasteiger partial charge in [0.15, 0.2) is 16.6 Å². The highest BCUT2D eigenvalue weighted by Gasteiger charge is 2.17. The molecule has 0 saturated heterocycles. The highest BCUT2D eigenvalue weighted by molar-refractivity contribution is 7.14. The summed E-state index contributed by atoms with van der Waals surface area (Å²) in [4.78, 5) is 21.4. The fraction of sp³-hybridized carbons (Fsp3) is 0.250. The van der Waals surface area contributed by atoms with Gasteiger partial charge in [-0.3, -0.25) is 15.1 Å². The molecule has 0 radical (unpaired) electrons. The van der Waals surface area contributed by atoms with Crippen molar-refractivity contribution >= 4 is 34.0 Å². The number of anilines is 1. The van der Waals surface area contributed by atoms with Crippen molar-refractivity contribution in [1.29, 1.82) is 0 Å². The third-order valence-corrected chi connectivity index (χ3v) is 4.71. The van der Waals surface area contributed by atoms with Gasteiger partial charge in [0.25, 0.3) is 5.91 Å². The van der Waals surface area contributed by atoms with Crippen molar-refractivity contribution in [2.75, 3.05) is 18.5 Å². The summed E-state index contributed by atoms with van der Waals surface area (Å²) in [6.07, 6.45) is 2.54. The summed E-state index contributed by atoms with van der Waals surface area (Å²) in [6, 6.07) is 8.79. The van der Waals surface area contributed by atoms with E-state index in [9.17, 15) is 4.79 Å². The van der Waals surface area contributed by atoms with Gasteiger partial charge in [-0.25, -0.2) is 4.98 Å². The molecule has 1 N–H and O–H groups in total. The highest BCUT2D eigenvalue weighted by atomic mass is 35.5. The third kappa shape index (κ3) is 4.79. The van der Waals surface area contributed by atoms with Crippen LogP contribution >= 0.6 is 22.9 Å². The second-order valence-corrected chi connectivity index (χ2v) is 7.04. The molecule has 0 spiro atoms. The summed E-state index contributed by atoms with van der Waals surface area (Å²) in [5.74, 6) is 0.572. The van der Waals surface area contributed by atoms with Crippen molar-refractivity contribution in [2.24, 2.45) is 0 Å². The monoisotopic (exact) mass is 417 g/mol. The van der Waals surface area contributed by atoms with Crippen LogP contribution in [0.2, 0.25) is 5.02 Å². The molecule has 0 saturated carbocycles. The summed E-state index contributed by atoms with van der Waals surface area (Å²) in [6.45, 7) is 4.81. The van der Waals surface area contributed by atoms with Crippen LogP contribution in [0.5, 0.6) is 11.5 Å². The zero-order valence-electron chi connectivity index (χ0n) is 15.6. The first-order chi connectivity index (χ1) is 13.6. The first-order valence-corrected chi connectivity index (χ1v) is 10.2. The third-order valence-electron chi connectivity index (χ3n) is 3.67. The molecule has 0 atom stereocenters. The van der Waals surface area contributed by atoms with Gasteiger partial charge in [0.05, 0.1) is 23.9 Å². The Labute approximate surface area is 172 Å². The lowest BCUT2D eigenvalue weighted by Crippen LogP contribution is -2.12. The van der Waals surface area contributed by atoms with Crippen LogP contribution in [0.1, 0.15) is 30.6 Å². The van der Waals surface area contributed by atoms with E-state index in [1.165, 1.54) is 11.3 Å². The molecule has 146 valence electrons. The first kappa shape index (κ1) is 20.1. The number of carbonyl (C=O) groups excluding carboxylic acids is 1. The van der Waals surface area contributed by atoms with Crippen molar-refractivity contribution in [2.45, 2.75) is 20.3 Å². The van der Waals surface area contributed by atoms with Crippen molar-refractivity contribution in [3.63, 3.8) is 0 Å². The maximum atomic E-state index is 12.7. The molecule has 2 heterocycles. The Morgan fingerprint density at radius 1 is 1.21 bits per heavy atom. The standard InChI is InChI=1S/C20H20ClN3O3S/c1-3-9-27-18-14(21)10-13(11-17(18)26-4-2)19(25)24-20-23-16(12-28-20)15-7-5-6-8-22-15/h5-8,10-12H,3-4,9H2,1-2H3,(H,23,24,25). The van der Waals surface area contributed by atoms with Gasteiger partial charge in [-0.1, -0.05) is 24.6 Å². The number of aromatic nitrogens is 2. The van der Waals surface area contributed by atoms with Crippen molar-refractivity contribution in [3.8, 4) is 22.9 Å². The van der Waals surface area contributed by atoms with Gasteiger partial charge in [-0.2, -0.15) is 0 Å². The molecular weight excluding hydrogens is 398 g/mol. The van der Waals surface area contributed by atoms with E-state index in [4.69, 9.17) is 21.1 Å². The number of pyridine rings is 1. The van der Waals surface area contributed by atoms with Gasteiger partial charge in [0.1, 0.15) is 5.69 Å². The molecule has 3 aromatic rings. The molecule has 0 unspecified atom stereocenters. The van der Waals surface area contributed by atoms with Crippen LogP contribution in [0, 0.1) is 0 Å². The fourth-order valence-corrected chi connectivity index (χ4v) is 3.40. The number of thiazole rings is 1. The molecule has 0 aliphatic rings. The van der Waals surface area contributed by atoms with Crippen LogP contribution in [0.15, 0.2) is 41.9 Å². The zero-order valence-corrected chi connectivity index (χ0v) is 17.1. The lowest BCUT2D eigenvalue weighted by molar-refractivity contribution is 0.102. The van der Waals surface area contributed by atoms with E-state index >= 15 is 0 Å². The largest absolute Gasteiger partial charge is 0.490 e. The van der Waals surface area contributed by atoms with Crippen LogP contribution in [0.4, 0.5) is 5.13 Å². The van der Waals surface area contributed by atoms with E-state index in [1.807, 2.05) is 37.4 Å². The van der Waals surface area contributed by atoms with E-state index < -0.39 is 0 Å². The second kappa shape index (κ2) is 9.52. The van der Waals surface area contributed by atoms with E-state index in [1.54, 1.807) is 18.3 Å². The van der Waals surface area contributed by atoms with Gasteiger partial charge < -0.3 is 9.47 Å². The summed E-state index contributed by atoms with van der Waals surface area (Å²) in [7, 11) is 0. The molecule has 28 heavy (non-hydrogen) atoms. The lowest BCUT2D eigenvalue weighted by atomic mass is 10.2. The Morgan fingerprint density at radius 2 is 2.07 bits per heavy atom. The van der Waals surface area contributed by atoms with E-state index in [0.717, 1.165) is 12.1 Å². The average molecular weight is 418 g/mol. The van der Waals surface area contributed by atoms with Gasteiger partial charge in [0, 0.05) is 17.1 Å². The Balaban J connectivity index is 1.80. The molecule has 0 aliphatic carbocycles. The Hall–Kier alpha value is -2.64. The van der Waals surface area contributed by atoms with Crippen LogP contribution < -0.4 is 14.8 Å². The van der Waals surface area contributed by atoms with E-state index in [0.29, 0.717) is 46.1 Å². The molecule has 0 fully saturated rings. The minimum atomic E-state index is -0.327. The second-order valence-electron chi connectivity index (χ2n) is 5.77. The summed E-state index contributed by atoms with van der Waals surface area (Å²) in [5.41, 5.74) is 1.82. The predicted molar refractivity (Wildman–Crippen MR) is 112 cm³/mol. The van der Waals surface area contributed by atoms with Gasteiger partial charge in [-0.05, 0) is 37.6 Å². The van der Waals surface area contributed by atoms with Crippen LogP contribution in [-0.4, -0.2) is 29.1 Å². The number of nitrogens with one attached hydrogen (secondary N) is 1. The zero-order chi connectivity index (χ0) is 19.9. The number of benzene rings is 1. The number of carbonyl (C=O) groups is 1. The predicted octanol–water partition coefficient (Wildman–Crippen LogP) is 5.30. The van der Waals surface area contributed by atoms with E-state index in [2.05, 4.69) is 15.3 Å². The van der Waals surface area contributed by atoms with Gasteiger partial charge in [-0.15, -0.1) is 11.3 Å². The van der Waals surface area contributed by atoms with Crippen LogP contribution in [0.3, 0.4) is 0 Å². The van der Waals surface area contributed by atoms with Gasteiger partial charge in [0.2, 0.25) is 0 Å². The number of ether oxygens (including phenoxy) is 2. The molecule has 2 aromatic heterocycles. The number of halogens is 1. The minimum Gasteiger partial charge on any atom is -0.490 e. The SMILES string of the molecule is CCCOc1c(Cl)cc(C(=O)Nc2nc(-c3ccccn3)cs2)cc1OCC. The van der Waals surface area contributed by atoms with Crippen molar-refractivity contribution < 1.29 is 14.3 Å². The molecule has 1 aromatic carbocycles. The maximum absolute atomic E-state index is 12.7. The average Bonchev–Trinajstić information content (AvgIpc) is 3.16. The molecule has 6 nitrogen and oxygen atoms in total. The fourth-order valence-electron chi connectivity index (χ4n) is 2.44. The molecule has 1 amide bonds. The van der Waals surface area contributed by atoms with Crippen molar-refractivity contribution in [3.05, 3.63) is 52.5 Å². The number of nitrogens with zero attached hydrogens (tertiary/aromatic N) is 2. The Bertz CT molecular complexity index is 947. The topological polar surface area (TPSA) is 73.3 Å². The Kier molecular flexibility index (Phi) is 6.84. The van der Waals surface area contributed by atoms with Crippen LogP contribution in [-0.2, 0) is 0 Å². The normalized spacial score (nSPS) is 10.5. The number of hydrogen-bond donors (Lipinski definition) is 1. The smallest absolute Gasteiger partial charge is 0.257 e.